The van der Waals surface area contributed by atoms with Crippen LogP contribution in [0, 0.1) is 0 Å². The zero-order valence-corrected chi connectivity index (χ0v) is 6.72. The van der Waals surface area contributed by atoms with Crippen molar-refractivity contribution in [1.29, 1.82) is 0 Å². The lowest BCUT2D eigenvalue weighted by Crippen LogP contribution is -2.13. The van der Waals surface area contributed by atoms with Gasteiger partial charge in [-0.25, -0.2) is 0 Å². The molecule has 0 aromatic rings. The summed E-state index contributed by atoms with van der Waals surface area (Å²) in [6, 6.07) is 0. The third-order valence-corrected chi connectivity index (χ3v) is 1.30. The molecule has 11 heavy (non-hydrogen) atoms. The van der Waals surface area contributed by atoms with Gasteiger partial charge in [-0.1, -0.05) is 18.7 Å². The van der Waals surface area contributed by atoms with Crippen LogP contribution in [0.15, 0.2) is 36.1 Å². The van der Waals surface area contributed by atoms with Crippen molar-refractivity contribution in [2.45, 2.75) is 6.92 Å². The van der Waals surface area contributed by atoms with Gasteiger partial charge >= 0.3 is 0 Å². The summed E-state index contributed by atoms with van der Waals surface area (Å²) < 4.78 is 10.2. The highest BCUT2D eigenvalue weighted by atomic mass is 16.7. The second-order valence-corrected chi connectivity index (χ2v) is 2.57. The van der Waals surface area contributed by atoms with E-state index in [2.05, 4.69) is 13.2 Å². The predicted molar refractivity (Wildman–Crippen MR) is 43.9 cm³/mol. The fourth-order valence-electron chi connectivity index (χ4n) is 0.811. The fourth-order valence-corrected chi connectivity index (χ4v) is 0.811. The molecule has 2 heteroatoms. The minimum absolute atomic E-state index is 0.318. The molecule has 0 N–H and O–H groups in total. The van der Waals surface area contributed by atoms with Crippen molar-refractivity contribution in [3.05, 3.63) is 36.1 Å². The van der Waals surface area contributed by atoms with E-state index in [4.69, 9.17) is 9.47 Å². The molecule has 1 rings (SSSR count). The Kier molecular flexibility index (Phi) is 2.49. The van der Waals surface area contributed by atoms with Gasteiger partial charge in [0.2, 0.25) is 0 Å². The number of hydrogen-bond acceptors (Lipinski definition) is 2. The summed E-state index contributed by atoms with van der Waals surface area (Å²) in [5.74, 6) is 0.795. The molecule has 60 valence electrons. The van der Waals surface area contributed by atoms with Crippen LogP contribution in [0.4, 0.5) is 0 Å². The smallest absolute Gasteiger partial charge is 0.189 e. The van der Waals surface area contributed by atoms with E-state index in [-0.39, 0.29) is 0 Å². The van der Waals surface area contributed by atoms with Gasteiger partial charge in [-0.15, -0.1) is 0 Å². The van der Waals surface area contributed by atoms with Crippen LogP contribution in [-0.4, -0.2) is 13.4 Å². The summed E-state index contributed by atoms with van der Waals surface area (Å²) in [6.45, 7) is 10.3. The van der Waals surface area contributed by atoms with Crippen molar-refractivity contribution in [2.75, 3.05) is 13.4 Å². The highest BCUT2D eigenvalue weighted by Crippen LogP contribution is 2.16. The van der Waals surface area contributed by atoms with Crippen molar-refractivity contribution in [1.82, 2.24) is 0 Å². The molecule has 2 nitrogen and oxygen atoms in total. The first kappa shape index (κ1) is 8.08. The fraction of sp³-hybridized carbons (Fsp3) is 0.333. The van der Waals surface area contributed by atoms with Crippen LogP contribution in [0.5, 0.6) is 0 Å². The van der Waals surface area contributed by atoms with E-state index in [1.165, 1.54) is 0 Å². The van der Waals surface area contributed by atoms with Crippen LogP contribution < -0.4 is 0 Å². The lowest BCUT2D eigenvalue weighted by Gasteiger charge is -2.18. The molecule has 0 amide bonds. The summed E-state index contributed by atoms with van der Waals surface area (Å²) in [7, 11) is 0. The first-order valence-electron chi connectivity index (χ1n) is 3.46. The Morgan fingerprint density at radius 2 is 2.36 bits per heavy atom. The van der Waals surface area contributed by atoms with Gasteiger partial charge in [-0.3, -0.25) is 0 Å². The van der Waals surface area contributed by atoms with E-state index >= 15 is 0 Å². The number of allylic oxidation sites excluding steroid dienone is 2. The molecule has 0 aliphatic carbocycles. The monoisotopic (exact) mass is 152 g/mol. The Bertz CT molecular complexity index is 214. The normalized spacial score (nSPS) is 21.5. The molecule has 0 bridgehead atoms. The van der Waals surface area contributed by atoms with Gasteiger partial charge in [0, 0.05) is 5.57 Å². The van der Waals surface area contributed by atoms with Crippen molar-refractivity contribution >= 4 is 0 Å². The van der Waals surface area contributed by atoms with Gasteiger partial charge in [0.1, 0.15) is 5.76 Å². The van der Waals surface area contributed by atoms with E-state index in [1.807, 2.05) is 13.0 Å². The molecule has 0 aromatic carbocycles. The number of rotatable bonds is 1. The lowest BCUT2D eigenvalue weighted by molar-refractivity contribution is -0.0366. The standard InChI is InChI=1S/C9H12O2/c1-7(2)4-9-8(3)5-10-6-11-9/h4H,1,3,5-6H2,2H3/b9-4+. The van der Waals surface area contributed by atoms with Crippen LogP contribution >= 0.6 is 0 Å². The van der Waals surface area contributed by atoms with E-state index < -0.39 is 0 Å². The largest absolute Gasteiger partial charge is 0.467 e. The Hall–Kier alpha value is -1.02. The van der Waals surface area contributed by atoms with Gasteiger partial charge in [-0.05, 0) is 13.0 Å². The summed E-state index contributed by atoms with van der Waals surface area (Å²) in [4.78, 5) is 0. The molecule has 0 radical (unpaired) electrons. The van der Waals surface area contributed by atoms with Gasteiger partial charge in [0.05, 0.1) is 6.61 Å². The van der Waals surface area contributed by atoms with E-state index in [0.29, 0.717) is 13.4 Å². The Balaban J connectivity index is 2.68. The predicted octanol–water partition coefficient (Wildman–Crippen LogP) is 2.01. The number of hydrogen-bond donors (Lipinski definition) is 0. The van der Waals surface area contributed by atoms with Crippen LogP contribution in [0.25, 0.3) is 0 Å². The SMILES string of the molecule is C=C(C)/C=C1/OCOCC1=C. The molecule has 1 aliphatic heterocycles. The summed E-state index contributed by atoms with van der Waals surface area (Å²) in [5.41, 5.74) is 1.84. The summed E-state index contributed by atoms with van der Waals surface area (Å²) in [5, 5.41) is 0. The van der Waals surface area contributed by atoms with Crippen molar-refractivity contribution in [3.63, 3.8) is 0 Å². The van der Waals surface area contributed by atoms with E-state index in [1.54, 1.807) is 0 Å². The third kappa shape index (κ3) is 2.24. The van der Waals surface area contributed by atoms with E-state index in [9.17, 15) is 0 Å². The maximum absolute atomic E-state index is 5.18. The second-order valence-electron chi connectivity index (χ2n) is 2.57. The Morgan fingerprint density at radius 3 is 2.91 bits per heavy atom. The highest BCUT2D eigenvalue weighted by molar-refractivity contribution is 5.30. The molecule has 1 aliphatic rings. The quantitative estimate of drug-likeness (QED) is 0.572. The molecule has 0 saturated carbocycles. The van der Waals surface area contributed by atoms with Crippen LogP contribution in [0.3, 0.4) is 0 Å². The van der Waals surface area contributed by atoms with Crippen molar-refractivity contribution in [2.24, 2.45) is 0 Å². The van der Waals surface area contributed by atoms with Crippen molar-refractivity contribution < 1.29 is 9.47 Å². The molecule has 1 saturated heterocycles. The number of ether oxygens (including phenoxy) is 2. The molecular weight excluding hydrogens is 140 g/mol. The van der Waals surface area contributed by atoms with Crippen LogP contribution in [0.2, 0.25) is 0 Å². The maximum atomic E-state index is 5.18. The van der Waals surface area contributed by atoms with Gasteiger partial charge in [-0.2, -0.15) is 0 Å². The lowest BCUT2D eigenvalue weighted by atomic mass is 10.2. The first-order valence-corrected chi connectivity index (χ1v) is 3.46. The molecule has 0 unspecified atom stereocenters. The minimum Gasteiger partial charge on any atom is -0.467 e. The maximum Gasteiger partial charge on any atom is 0.189 e. The van der Waals surface area contributed by atoms with Gasteiger partial charge in [0.25, 0.3) is 0 Å². The third-order valence-electron chi connectivity index (χ3n) is 1.30. The summed E-state index contributed by atoms with van der Waals surface area (Å²) in [6.07, 6.45) is 1.87. The Labute approximate surface area is 66.8 Å². The first-order chi connectivity index (χ1) is 5.20. The van der Waals surface area contributed by atoms with Gasteiger partial charge < -0.3 is 9.47 Å². The molecule has 1 heterocycles. The molecule has 0 aromatic heterocycles. The second kappa shape index (κ2) is 3.39. The highest BCUT2D eigenvalue weighted by Gasteiger charge is 2.09. The van der Waals surface area contributed by atoms with Crippen LogP contribution in [-0.2, 0) is 9.47 Å². The minimum atomic E-state index is 0.318. The van der Waals surface area contributed by atoms with Crippen LogP contribution in [0.1, 0.15) is 6.92 Å². The molecule has 0 spiro atoms. The average molecular weight is 152 g/mol. The topological polar surface area (TPSA) is 18.5 Å². The molecule has 1 fully saturated rings. The average Bonchev–Trinajstić information content (AvgIpc) is 1.93. The Morgan fingerprint density at radius 1 is 1.64 bits per heavy atom. The van der Waals surface area contributed by atoms with Gasteiger partial charge in [0.15, 0.2) is 6.79 Å². The van der Waals surface area contributed by atoms with E-state index in [0.717, 1.165) is 16.9 Å². The summed E-state index contributed by atoms with van der Waals surface area (Å²) >= 11 is 0. The molecule has 0 atom stereocenters. The zero-order chi connectivity index (χ0) is 8.27. The van der Waals surface area contributed by atoms with Crippen molar-refractivity contribution in [3.8, 4) is 0 Å². The molecular formula is C9H12O2. The zero-order valence-electron chi connectivity index (χ0n) is 6.72.